The fourth-order valence-electron chi connectivity index (χ4n) is 3.18. The topological polar surface area (TPSA) is 12.9 Å². The first kappa shape index (κ1) is 9.86. The summed E-state index contributed by atoms with van der Waals surface area (Å²) in [6.45, 7) is 2.33. The zero-order valence-corrected chi connectivity index (χ0v) is 9.60. The monoisotopic (exact) mass is 185 g/mol. The molecule has 9 heteroatoms. The van der Waals surface area contributed by atoms with E-state index in [2.05, 4.69) is 6.92 Å². The molecule has 0 unspecified atom stereocenters. The van der Waals surface area contributed by atoms with Crippen molar-refractivity contribution in [1.82, 2.24) is 4.98 Å². The summed E-state index contributed by atoms with van der Waals surface area (Å²) in [5.41, 5.74) is 7.65. The van der Waals surface area contributed by atoms with Crippen LogP contribution in [0.3, 0.4) is 0 Å². The van der Waals surface area contributed by atoms with Gasteiger partial charge >= 0.3 is 0 Å². The van der Waals surface area contributed by atoms with E-state index < -0.39 is 0 Å². The second kappa shape index (κ2) is 3.92. The Balaban J connectivity index is 2.16. The maximum Gasteiger partial charge on any atom is 0.137 e. The van der Waals surface area contributed by atoms with Crippen LogP contribution in [0.1, 0.15) is 5.56 Å². The predicted octanol–water partition coefficient (Wildman–Crippen LogP) is -7.10. The highest BCUT2D eigenvalue weighted by Crippen LogP contribution is 1.88. The van der Waals surface area contributed by atoms with E-state index in [1.165, 1.54) is 68.1 Å². The van der Waals surface area contributed by atoms with Gasteiger partial charge in [0, 0.05) is 0 Å². The van der Waals surface area contributed by atoms with Crippen LogP contribution < -0.4 is 22.1 Å². The summed E-state index contributed by atoms with van der Waals surface area (Å²) in [7, 11) is 10.4. The Kier molecular flexibility index (Phi) is 2.58. The zero-order valence-electron chi connectivity index (χ0n) is 9.60. The lowest BCUT2D eigenvalue weighted by Crippen LogP contribution is -2.62. The molecule has 0 saturated heterocycles. The summed E-state index contributed by atoms with van der Waals surface area (Å²) in [5.74, 6) is 0. The van der Waals surface area contributed by atoms with Crippen molar-refractivity contribution in [2.45, 2.75) is 6.92 Å². The van der Waals surface area contributed by atoms with Crippen LogP contribution in [-0.4, -0.2) is 61.9 Å². The van der Waals surface area contributed by atoms with Gasteiger partial charge in [-0.15, -0.1) is 0 Å². The number of hydrogen-bond donors (Lipinski definition) is 0. The van der Waals surface area contributed by atoms with E-state index in [1.807, 2.05) is 0 Å². The van der Waals surface area contributed by atoms with Crippen molar-refractivity contribution in [3.8, 4) is 0 Å². The highest BCUT2D eigenvalue weighted by molar-refractivity contribution is 7.52. The lowest BCUT2D eigenvalue weighted by molar-refractivity contribution is 1.44. The van der Waals surface area contributed by atoms with Crippen LogP contribution in [0.4, 0.5) is 0 Å². The molecule has 2 aliphatic rings. The Labute approximate surface area is 96.8 Å². The van der Waals surface area contributed by atoms with Crippen molar-refractivity contribution in [2.24, 2.45) is 0 Å². The molecule has 3 heterocycles. The molecule has 1 aromatic rings. The smallest absolute Gasteiger partial charge is 0.137 e. The van der Waals surface area contributed by atoms with Crippen LogP contribution in [0, 0.1) is 6.92 Å². The second-order valence-electron chi connectivity index (χ2n) is 5.00. The van der Waals surface area contributed by atoms with Crippen LogP contribution in [0.15, 0.2) is 0 Å². The largest absolute Gasteiger partial charge is 0.282 e. The second-order valence-corrected chi connectivity index (χ2v) is 5.00. The first-order valence-electron chi connectivity index (χ1n) is 6.36. The van der Waals surface area contributed by atoms with E-state index >= 15 is 0 Å². The molecule has 0 fully saturated rings. The quantitative estimate of drug-likeness (QED) is 0.365. The maximum atomic E-state index is 4.91. The van der Waals surface area contributed by atoms with Gasteiger partial charge in [0.25, 0.3) is 0 Å². The molecule has 1 nitrogen and oxygen atoms in total. The van der Waals surface area contributed by atoms with E-state index in [4.69, 9.17) is 4.98 Å². The molecule has 0 amide bonds. The van der Waals surface area contributed by atoms with Crippen LogP contribution in [0.5, 0.6) is 0 Å². The Morgan fingerprint density at radius 3 is 1.73 bits per heavy atom. The van der Waals surface area contributed by atoms with Crippen molar-refractivity contribution in [1.29, 1.82) is 0 Å². The van der Waals surface area contributed by atoms with E-state index in [1.54, 1.807) is 16.5 Å². The van der Waals surface area contributed by atoms with Gasteiger partial charge in [-0.05, 0) is 18.1 Å². The molecule has 64 valence electrons. The minimum absolute atomic E-state index is 1.23. The Bertz CT molecular complexity index is 372. The normalized spacial score (nSPS) is 15.3. The summed E-state index contributed by atoms with van der Waals surface area (Å²) >= 11 is 0. The molecular formula is C6H11B8N. The first-order valence-corrected chi connectivity index (χ1v) is 6.36. The Morgan fingerprint density at radius 2 is 1.20 bits per heavy atom. The maximum absolute atomic E-state index is 4.91. The molecule has 0 spiro atoms. The molecule has 0 atom stereocenters. The van der Waals surface area contributed by atoms with E-state index in [9.17, 15) is 0 Å². The minimum Gasteiger partial charge on any atom is -0.282 e. The summed E-state index contributed by atoms with van der Waals surface area (Å²) in [5, 5.41) is 0. The average Bonchev–Trinajstić information content (AvgIpc) is 2.30. The van der Waals surface area contributed by atoms with Crippen molar-refractivity contribution >= 4 is 79.0 Å². The van der Waals surface area contributed by atoms with Gasteiger partial charge in [-0.2, -0.15) is 0 Å². The number of hydrogen-bond acceptors (Lipinski definition) is 1. The fourth-order valence-corrected chi connectivity index (χ4v) is 3.18. The predicted molar refractivity (Wildman–Crippen MR) is 84.7 cm³/mol. The summed E-state index contributed by atoms with van der Waals surface area (Å²) in [4.78, 5) is 4.91. The van der Waals surface area contributed by atoms with Gasteiger partial charge in [0.15, 0.2) is 0 Å². The van der Waals surface area contributed by atoms with Gasteiger partial charge in [-0.1, -0.05) is 16.5 Å². The summed E-state index contributed by atoms with van der Waals surface area (Å²) in [6.07, 6.45) is 0. The lowest BCUT2D eigenvalue weighted by Gasteiger charge is -2.23. The SMILES string of the molecule is Cc1c2c(nc3c1BBBB3)BBBB2. The van der Waals surface area contributed by atoms with E-state index in [-0.39, 0.29) is 0 Å². The fraction of sp³-hybridized carbons (Fsp3) is 0.167. The molecule has 15 heavy (non-hydrogen) atoms. The van der Waals surface area contributed by atoms with E-state index in [0.717, 1.165) is 0 Å². The van der Waals surface area contributed by atoms with Crippen LogP contribution in [-0.2, 0) is 0 Å². The number of aromatic nitrogens is 1. The van der Waals surface area contributed by atoms with Crippen LogP contribution in [0.25, 0.3) is 0 Å². The van der Waals surface area contributed by atoms with Gasteiger partial charge in [0.05, 0.1) is 28.2 Å². The Hall–Kier alpha value is -0.331. The van der Waals surface area contributed by atoms with Crippen molar-refractivity contribution in [3.05, 3.63) is 5.56 Å². The van der Waals surface area contributed by atoms with Crippen molar-refractivity contribution in [3.63, 3.8) is 0 Å². The molecule has 1 aromatic heterocycles. The minimum atomic E-state index is 1.23. The van der Waals surface area contributed by atoms with E-state index in [0.29, 0.717) is 0 Å². The molecule has 0 N–H and O–H groups in total. The Morgan fingerprint density at radius 1 is 0.733 bits per heavy atom. The molecular weight excluding hydrogens is 173 g/mol. The standard InChI is InChI=1S/C6H11B8N/c1-2-3-5(9-13-11-7-3)15-6-4(2)8-12-14-10-6/h7-14H,1H3. The third-order valence-corrected chi connectivity index (χ3v) is 4.05. The lowest BCUT2D eigenvalue weighted by atomic mass is 9.01. The molecule has 0 aliphatic carbocycles. The molecule has 0 radical (unpaired) electrons. The third kappa shape index (κ3) is 1.64. The highest BCUT2D eigenvalue weighted by Gasteiger charge is 2.23. The van der Waals surface area contributed by atoms with Gasteiger partial charge in [0.2, 0.25) is 0 Å². The van der Waals surface area contributed by atoms with Gasteiger partial charge < -0.3 is 0 Å². The van der Waals surface area contributed by atoms with Crippen LogP contribution in [0.2, 0.25) is 0 Å². The van der Waals surface area contributed by atoms with Crippen molar-refractivity contribution in [2.75, 3.05) is 0 Å². The van der Waals surface area contributed by atoms with Crippen LogP contribution >= 0.6 is 0 Å². The number of pyridine rings is 1. The molecule has 3 rings (SSSR count). The third-order valence-electron chi connectivity index (χ3n) is 4.05. The molecule has 0 aromatic carbocycles. The highest BCUT2D eigenvalue weighted by atomic mass is 14.7. The summed E-state index contributed by atoms with van der Waals surface area (Å²) in [6, 6.07) is 0. The first-order chi connectivity index (χ1) is 7.36. The number of fused-ring (bicyclic) bond motifs is 2. The van der Waals surface area contributed by atoms with Crippen molar-refractivity contribution < 1.29 is 0 Å². The zero-order chi connectivity index (χ0) is 10.3. The molecule has 2 aliphatic heterocycles. The van der Waals surface area contributed by atoms with Gasteiger partial charge in [0.1, 0.15) is 28.7 Å². The molecule has 0 bridgehead atoms. The molecule has 0 saturated carbocycles. The number of rotatable bonds is 0. The van der Waals surface area contributed by atoms with Gasteiger partial charge in [-0.3, -0.25) is 4.98 Å². The summed E-state index contributed by atoms with van der Waals surface area (Å²) < 4.78 is 0. The average molecular weight is 184 g/mol. The van der Waals surface area contributed by atoms with Gasteiger partial charge in [-0.25, -0.2) is 0 Å². The number of nitrogens with zero attached hydrogens (tertiary/aromatic N) is 1.